The molecule has 0 saturated heterocycles. The normalized spacial score (nSPS) is 24.0. The van der Waals surface area contributed by atoms with E-state index in [0.717, 1.165) is 12.1 Å². The third kappa shape index (κ3) is 2.99. The number of carbonyl (C=O) groups excluding carboxylic acids is 1. The number of halogens is 5. The van der Waals surface area contributed by atoms with Crippen molar-refractivity contribution >= 4 is 5.91 Å². The van der Waals surface area contributed by atoms with Crippen molar-refractivity contribution in [2.75, 3.05) is 19.7 Å². The van der Waals surface area contributed by atoms with Gasteiger partial charge >= 0.3 is 6.18 Å². The molecular formula is C24H19F5N4O3. The Bertz CT molecular complexity index is 1480. The molecule has 2 aliphatic heterocycles. The minimum absolute atomic E-state index is 0.0279. The maximum atomic E-state index is 15.2. The van der Waals surface area contributed by atoms with Crippen LogP contribution in [0.1, 0.15) is 27.3 Å². The van der Waals surface area contributed by atoms with E-state index in [9.17, 15) is 22.8 Å². The fraction of sp³-hybridized carbons (Fsp3) is 0.375. The van der Waals surface area contributed by atoms with Gasteiger partial charge in [-0.05, 0) is 37.3 Å². The fourth-order valence-electron chi connectivity index (χ4n) is 5.46. The Balaban J connectivity index is 1.36. The summed E-state index contributed by atoms with van der Waals surface area (Å²) in [6.45, 7) is 0.923. The Kier molecular flexibility index (Phi) is 4.53. The van der Waals surface area contributed by atoms with Gasteiger partial charge in [0.2, 0.25) is 0 Å². The van der Waals surface area contributed by atoms with E-state index in [0.29, 0.717) is 11.8 Å². The van der Waals surface area contributed by atoms with Gasteiger partial charge < -0.3 is 18.8 Å². The molecule has 1 fully saturated rings. The summed E-state index contributed by atoms with van der Waals surface area (Å²) < 4.78 is 78.6. The Labute approximate surface area is 200 Å². The van der Waals surface area contributed by atoms with E-state index in [-0.39, 0.29) is 42.4 Å². The third-order valence-electron chi connectivity index (χ3n) is 7.42. The van der Waals surface area contributed by atoms with Gasteiger partial charge in [0.1, 0.15) is 17.1 Å². The van der Waals surface area contributed by atoms with Gasteiger partial charge in [-0.25, -0.2) is 13.8 Å². The number of nitrogens with zero attached hydrogens (tertiary/aromatic N) is 4. The predicted octanol–water partition coefficient (Wildman–Crippen LogP) is 3.41. The van der Waals surface area contributed by atoms with Crippen molar-refractivity contribution in [3.63, 3.8) is 0 Å². The number of rotatable bonds is 3. The Morgan fingerprint density at radius 2 is 1.92 bits per heavy atom. The number of hydrogen-bond acceptors (Lipinski definition) is 4. The topological polar surface area (TPSA) is 69.4 Å². The van der Waals surface area contributed by atoms with Crippen molar-refractivity contribution in [2.24, 2.45) is 5.92 Å². The molecule has 3 aromatic rings. The van der Waals surface area contributed by atoms with Crippen LogP contribution >= 0.6 is 0 Å². The number of ether oxygens (including phenoxy) is 1. The van der Waals surface area contributed by atoms with Crippen LogP contribution in [0.25, 0.3) is 5.69 Å². The van der Waals surface area contributed by atoms with Gasteiger partial charge in [-0.15, -0.1) is 0 Å². The standard InChI is InChI=1S/C24H19F5N4O3/c1-13-9-32(12-30-13)16-3-4-17-20(34)31(6-7-33(17)21(16)35)11-22-15-8-14(24(27,28)29)2-5-18(15)36-10-19(22)23(22,25)26/h2-5,8-9,12,19H,6-7,10-11H2,1H3/t19?,22-/m0/s1. The van der Waals surface area contributed by atoms with Gasteiger partial charge in [-0.1, -0.05) is 0 Å². The van der Waals surface area contributed by atoms with Gasteiger partial charge in [0.05, 0.1) is 35.5 Å². The van der Waals surface area contributed by atoms with Crippen LogP contribution in [0.15, 0.2) is 47.7 Å². The summed E-state index contributed by atoms with van der Waals surface area (Å²) in [5.74, 6) is -5.40. The Morgan fingerprint density at radius 1 is 1.14 bits per heavy atom. The summed E-state index contributed by atoms with van der Waals surface area (Å²) in [6, 6.07) is 5.45. The first-order valence-electron chi connectivity index (χ1n) is 11.2. The van der Waals surface area contributed by atoms with Gasteiger partial charge in [-0.2, -0.15) is 13.2 Å². The average Bonchev–Trinajstić information content (AvgIpc) is 3.07. The van der Waals surface area contributed by atoms with E-state index in [1.54, 1.807) is 13.1 Å². The number of amides is 1. The van der Waals surface area contributed by atoms with Crippen LogP contribution in [0.2, 0.25) is 0 Å². The highest BCUT2D eigenvalue weighted by molar-refractivity contribution is 5.93. The SMILES string of the molecule is Cc1cn(-c2ccc3n(c2=O)CCN(C[C@]24c5cc(C(F)(F)F)ccc5OCC2C4(F)F)C3=O)cn1. The molecule has 12 heteroatoms. The van der Waals surface area contributed by atoms with Crippen LogP contribution in [-0.2, 0) is 18.1 Å². The van der Waals surface area contributed by atoms with E-state index in [1.165, 1.54) is 32.5 Å². The second kappa shape index (κ2) is 7.17. The van der Waals surface area contributed by atoms with Crippen LogP contribution in [0.3, 0.4) is 0 Å². The molecule has 7 nitrogen and oxygen atoms in total. The molecule has 2 aromatic heterocycles. The van der Waals surface area contributed by atoms with Crippen LogP contribution in [-0.4, -0.2) is 50.5 Å². The van der Waals surface area contributed by atoms with E-state index in [2.05, 4.69) is 4.98 Å². The number of pyridine rings is 1. The van der Waals surface area contributed by atoms with E-state index >= 15 is 8.78 Å². The van der Waals surface area contributed by atoms with Crippen molar-refractivity contribution in [3.8, 4) is 11.4 Å². The number of alkyl halides is 5. The van der Waals surface area contributed by atoms with Crippen molar-refractivity contribution in [2.45, 2.75) is 31.0 Å². The lowest BCUT2D eigenvalue weighted by Crippen LogP contribution is -2.49. The van der Waals surface area contributed by atoms with Gasteiger partial charge in [0, 0.05) is 31.4 Å². The quantitative estimate of drug-likeness (QED) is 0.511. The second-order valence-electron chi connectivity index (χ2n) is 9.38. The number of aromatic nitrogens is 3. The Morgan fingerprint density at radius 3 is 2.61 bits per heavy atom. The molecule has 0 bridgehead atoms. The maximum Gasteiger partial charge on any atom is 0.416 e. The van der Waals surface area contributed by atoms with Crippen LogP contribution < -0.4 is 10.3 Å². The molecule has 0 spiro atoms. The highest BCUT2D eigenvalue weighted by Gasteiger charge is 2.83. The smallest absolute Gasteiger partial charge is 0.416 e. The van der Waals surface area contributed by atoms with Gasteiger partial charge in [0.15, 0.2) is 0 Å². The minimum Gasteiger partial charge on any atom is -0.493 e. The number of hydrogen-bond donors (Lipinski definition) is 0. The lowest BCUT2D eigenvalue weighted by atomic mass is 9.88. The first kappa shape index (κ1) is 22.7. The molecule has 3 aliphatic rings. The summed E-state index contributed by atoms with van der Waals surface area (Å²) in [7, 11) is 0. The van der Waals surface area contributed by atoms with E-state index in [4.69, 9.17) is 4.74 Å². The van der Waals surface area contributed by atoms with Gasteiger partial charge in [0.25, 0.3) is 17.4 Å². The molecule has 0 radical (unpaired) electrons. The largest absolute Gasteiger partial charge is 0.493 e. The summed E-state index contributed by atoms with van der Waals surface area (Å²) in [4.78, 5) is 31.6. The predicted molar refractivity (Wildman–Crippen MR) is 116 cm³/mol. The van der Waals surface area contributed by atoms with Crippen LogP contribution in [0.4, 0.5) is 22.0 Å². The Hall–Kier alpha value is -3.70. The van der Waals surface area contributed by atoms with Crippen LogP contribution in [0, 0.1) is 12.8 Å². The molecule has 4 heterocycles. The molecular weight excluding hydrogens is 487 g/mol. The zero-order valence-corrected chi connectivity index (χ0v) is 18.9. The number of imidazole rings is 1. The number of aryl methyl sites for hydroxylation is 1. The molecule has 36 heavy (non-hydrogen) atoms. The second-order valence-corrected chi connectivity index (χ2v) is 9.38. The van der Waals surface area contributed by atoms with E-state index < -0.39 is 47.0 Å². The molecule has 0 N–H and O–H groups in total. The van der Waals surface area contributed by atoms with Crippen molar-refractivity contribution in [1.29, 1.82) is 0 Å². The minimum atomic E-state index is -4.72. The van der Waals surface area contributed by atoms with Crippen LogP contribution in [0.5, 0.6) is 5.75 Å². The molecule has 1 aliphatic carbocycles. The zero-order valence-electron chi connectivity index (χ0n) is 18.9. The number of benzene rings is 1. The van der Waals surface area contributed by atoms with Crippen molar-refractivity contribution < 1.29 is 31.5 Å². The first-order valence-corrected chi connectivity index (χ1v) is 11.2. The summed E-state index contributed by atoms with van der Waals surface area (Å²) in [5.41, 5.74) is -2.72. The van der Waals surface area contributed by atoms with Crippen molar-refractivity contribution in [3.05, 3.63) is 75.7 Å². The monoisotopic (exact) mass is 506 g/mol. The molecule has 6 rings (SSSR count). The molecule has 1 saturated carbocycles. The lowest BCUT2D eigenvalue weighted by Gasteiger charge is -2.35. The molecule has 1 amide bonds. The third-order valence-corrected chi connectivity index (χ3v) is 7.42. The summed E-state index contributed by atoms with van der Waals surface area (Å²) in [6.07, 6.45) is -1.59. The highest BCUT2D eigenvalue weighted by Crippen LogP contribution is 2.70. The molecule has 1 aromatic carbocycles. The summed E-state index contributed by atoms with van der Waals surface area (Å²) >= 11 is 0. The fourth-order valence-corrected chi connectivity index (χ4v) is 5.46. The summed E-state index contributed by atoms with van der Waals surface area (Å²) in [5, 5.41) is 0. The first-order chi connectivity index (χ1) is 16.9. The van der Waals surface area contributed by atoms with Crippen molar-refractivity contribution in [1.82, 2.24) is 19.0 Å². The maximum absolute atomic E-state index is 15.2. The molecule has 2 atom stereocenters. The number of fused-ring (bicyclic) bond motifs is 4. The van der Waals surface area contributed by atoms with E-state index in [1.807, 2.05) is 0 Å². The molecule has 1 unspecified atom stereocenters. The lowest BCUT2D eigenvalue weighted by molar-refractivity contribution is -0.137. The molecule has 188 valence electrons. The zero-order chi connectivity index (χ0) is 25.6. The highest BCUT2D eigenvalue weighted by atomic mass is 19.4. The average molecular weight is 506 g/mol. The van der Waals surface area contributed by atoms with Gasteiger partial charge in [-0.3, -0.25) is 9.59 Å². The number of carbonyl (C=O) groups is 1.